The van der Waals surface area contributed by atoms with Crippen LogP contribution in [0.5, 0.6) is 11.5 Å². The highest BCUT2D eigenvalue weighted by Gasteiger charge is 2.19. The van der Waals surface area contributed by atoms with Gasteiger partial charge in [0.25, 0.3) is 0 Å². The first-order chi connectivity index (χ1) is 12.9. The maximum atomic E-state index is 13.5. The molecule has 3 aromatic rings. The zero-order chi connectivity index (χ0) is 19.6. The number of aromatic nitrogens is 4. The molecule has 0 N–H and O–H groups in total. The Bertz CT molecular complexity index is 1020. The van der Waals surface area contributed by atoms with Crippen LogP contribution in [0.3, 0.4) is 0 Å². The van der Waals surface area contributed by atoms with Gasteiger partial charge in [-0.2, -0.15) is 18.1 Å². The summed E-state index contributed by atoms with van der Waals surface area (Å²) in [5.74, 6) is -0.452. The van der Waals surface area contributed by atoms with Gasteiger partial charge in [0, 0.05) is 13.1 Å². The van der Waals surface area contributed by atoms with E-state index in [2.05, 4.69) is 15.2 Å². The topological polar surface area (TPSA) is 71.2 Å². The van der Waals surface area contributed by atoms with Crippen LogP contribution in [-0.4, -0.2) is 26.4 Å². The van der Waals surface area contributed by atoms with Crippen molar-refractivity contribution in [3.63, 3.8) is 0 Å². The van der Waals surface area contributed by atoms with Gasteiger partial charge >= 0.3 is 12.3 Å². The molecule has 10 heteroatoms. The monoisotopic (exact) mass is 380 g/mol. The van der Waals surface area contributed by atoms with E-state index in [1.807, 2.05) is 0 Å². The number of ether oxygens (including phenoxy) is 2. The van der Waals surface area contributed by atoms with Crippen molar-refractivity contribution in [2.75, 3.05) is 0 Å². The highest BCUT2D eigenvalue weighted by atomic mass is 19.3. The van der Waals surface area contributed by atoms with Gasteiger partial charge in [-0.15, -0.1) is 0 Å². The van der Waals surface area contributed by atoms with E-state index in [9.17, 15) is 18.0 Å². The molecular weight excluding hydrogens is 365 g/mol. The summed E-state index contributed by atoms with van der Waals surface area (Å²) in [4.78, 5) is 12.1. The highest BCUT2D eigenvalue weighted by Crippen LogP contribution is 2.28. The molecule has 0 aliphatic carbocycles. The average Bonchev–Trinajstić information content (AvgIpc) is 2.95. The summed E-state index contributed by atoms with van der Waals surface area (Å²) in [6.07, 6.45) is 0. The van der Waals surface area contributed by atoms with Crippen LogP contribution in [-0.2, 0) is 13.7 Å². The van der Waals surface area contributed by atoms with E-state index in [4.69, 9.17) is 4.74 Å². The van der Waals surface area contributed by atoms with E-state index in [0.717, 1.165) is 9.36 Å². The number of rotatable bonds is 6. The summed E-state index contributed by atoms with van der Waals surface area (Å²) >= 11 is 0. The van der Waals surface area contributed by atoms with Crippen LogP contribution >= 0.6 is 0 Å². The molecule has 0 saturated carbocycles. The van der Waals surface area contributed by atoms with Crippen molar-refractivity contribution < 1.29 is 22.6 Å². The number of nitrogens with zero attached hydrogens (tertiary/aromatic N) is 4. The van der Waals surface area contributed by atoms with Crippen LogP contribution in [0.2, 0.25) is 0 Å². The van der Waals surface area contributed by atoms with Gasteiger partial charge < -0.3 is 9.47 Å². The second kappa shape index (κ2) is 7.52. The van der Waals surface area contributed by atoms with Crippen LogP contribution in [0, 0.1) is 12.7 Å². The molecule has 1 aromatic heterocycles. The molecule has 0 fully saturated rings. The van der Waals surface area contributed by atoms with Gasteiger partial charge in [-0.05, 0) is 41.1 Å². The third-order valence-corrected chi connectivity index (χ3v) is 3.80. The number of tetrazole rings is 1. The van der Waals surface area contributed by atoms with E-state index >= 15 is 0 Å². The fourth-order valence-corrected chi connectivity index (χ4v) is 2.45. The van der Waals surface area contributed by atoms with Gasteiger partial charge in [0.2, 0.25) is 0 Å². The minimum absolute atomic E-state index is 0.143. The maximum Gasteiger partial charge on any atom is 0.387 e. The number of alkyl halides is 2. The number of hydrogen-bond acceptors (Lipinski definition) is 5. The van der Waals surface area contributed by atoms with E-state index in [1.54, 1.807) is 6.92 Å². The van der Waals surface area contributed by atoms with Crippen molar-refractivity contribution in [2.45, 2.75) is 20.1 Å². The molecule has 0 spiro atoms. The molecule has 1 heterocycles. The Morgan fingerprint density at radius 3 is 2.59 bits per heavy atom. The van der Waals surface area contributed by atoms with Gasteiger partial charge in [0.05, 0.1) is 11.3 Å². The molecule has 0 aliphatic rings. The van der Waals surface area contributed by atoms with Crippen LogP contribution in [0.1, 0.15) is 11.1 Å². The van der Waals surface area contributed by atoms with Crippen molar-refractivity contribution in [3.8, 4) is 17.2 Å². The van der Waals surface area contributed by atoms with Gasteiger partial charge in [-0.3, -0.25) is 0 Å². The number of aryl methyl sites for hydroxylation is 2. The first-order valence-corrected chi connectivity index (χ1v) is 7.82. The Morgan fingerprint density at radius 1 is 1.15 bits per heavy atom. The third kappa shape index (κ3) is 3.94. The molecule has 2 aromatic carbocycles. The Balaban J connectivity index is 2.04. The SMILES string of the molecule is Cc1ccc(F)cc1OCc1c(OC(F)F)cccc1-n1nnn(C)c1=O. The molecule has 0 amide bonds. The molecule has 0 bridgehead atoms. The van der Waals surface area contributed by atoms with Gasteiger partial charge in [0.1, 0.15) is 23.9 Å². The molecular formula is C17H15F3N4O3. The van der Waals surface area contributed by atoms with Crippen LogP contribution in [0.4, 0.5) is 13.2 Å². The van der Waals surface area contributed by atoms with Crippen molar-refractivity contribution in [1.82, 2.24) is 19.8 Å². The molecule has 7 nitrogen and oxygen atoms in total. The fourth-order valence-electron chi connectivity index (χ4n) is 2.45. The molecule has 0 saturated heterocycles. The minimum atomic E-state index is -3.08. The lowest BCUT2D eigenvalue weighted by Crippen LogP contribution is -2.23. The van der Waals surface area contributed by atoms with Crippen molar-refractivity contribution >= 4 is 0 Å². The summed E-state index contributed by atoms with van der Waals surface area (Å²) in [5, 5.41) is 7.32. The lowest BCUT2D eigenvalue weighted by Gasteiger charge is -2.16. The molecule has 0 unspecified atom stereocenters. The van der Waals surface area contributed by atoms with E-state index in [0.29, 0.717) is 5.56 Å². The lowest BCUT2D eigenvalue weighted by atomic mass is 10.1. The highest BCUT2D eigenvalue weighted by molar-refractivity contribution is 5.49. The first-order valence-electron chi connectivity index (χ1n) is 7.82. The third-order valence-electron chi connectivity index (χ3n) is 3.80. The zero-order valence-corrected chi connectivity index (χ0v) is 14.4. The smallest absolute Gasteiger partial charge is 0.387 e. The molecule has 3 rings (SSSR count). The van der Waals surface area contributed by atoms with Crippen LogP contribution in [0.25, 0.3) is 5.69 Å². The van der Waals surface area contributed by atoms with E-state index in [1.165, 1.54) is 43.4 Å². The van der Waals surface area contributed by atoms with Gasteiger partial charge in [0.15, 0.2) is 0 Å². The first kappa shape index (κ1) is 18.5. The minimum Gasteiger partial charge on any atom is -0.488 e. The molecule has 142 valence electrons. The van der Waals surface area contributed by atoms with Crippen molar-refractivity contribution in [3.05, 3.63) is 63.8 Å². The maximum absolute atomic E-state index is 13.5. The van der Waals surface area contributed by atoms with Gasteiger partial charge in [-0.1, -0.05) is 12.1 Å². The lowest BCUT2D eigenvalue weighted by molar-refractivity contribution is -0.0508. The number of hydrogen-bond donors (Lipinski definition) is 0. The quantitative estimate of drug-likeness (QED) is 0.657. The summed E-state index contributed by atoms with van der Waals surface area (Å²) in [6.45, 7) is -1.62. The average molecular weight is 380 g/mol. The molecule has 0 atom stereocenters. The molecule has 0 aliphatic heterocycles. The second-order valence-corrected chi connectivity index (χ2v) is 5.63. The largest absolute Gasteiger partial charge is 0.488 e. The predicted molar refractivity (Wildman–Crippen MR) is 88.7 cm³/mol. The fraction of sp³-hybridized carbons (Fsp3) is 0.235. The van der Waals surface area contributed by atoms with Gasteiger partial charge in [-0.25, -0.2) is 9.18 Å². The Kier molecular flexibility index (Phi) is 5.15. The Hall–Kier alpha value is -3.30. The van der Waals surface area contributed by atoms with E-state index < -0.39 is 18.1 Å². The number of halogens is 3. The summed E-state index contributed by atoms with van der Waals surface area (Å²) in [7, 11) is 1.40. The predicted octanol–water partition coefficient (Wildman–Crippen LogP) is 2.59. The molecule has 0 radical (unpaired) electrons. The standard InChI is InChI=1S/C17H15F3N4O3/c1-10-6-7-11(18)8-15(10)26-9-12-13(24-17(25)23(2)21-22-24)4-3-5-14(12)27-16(19)20/h3-8,16H,9H2,1-2H3. The van der Waals surface area contributed by atoms with Crippen LogP contribution in [0.15, 0.2) is 41.2 Å². The van der Waals surface area contributed by atoms with Crippen LogP contribution < -0.4 is 15.2 Å². The van der Waals surface area contributed by atoms with E-state index in [-0.39, 0.29) is 29.4 Å². The summed E-state index contributed by atoms with van der Waals surface area (Å²) in [6, 6.07) is 8.23. The normalized spacial score (nSPS) is 11.0. The zero-order valence-electron chi connectivity index (χ0n) is 14.4. The number of benzene rings is 2. The van der Waals surface area contributed by atoms with Crippen molar-refractivity contribution in [2.24, 2.45) is 7.05 Å². The second-order valence-electron chi connectivity index (χ2n) is 5.63. The Morgan fingerprint density at radius 2 is 1.93 bits per heavy atom. The summed E-state index contributed by atoms with van der Waals surface area (Å²) < 4.78 is 51.1. The Labute approximate surface area is 151 Å². The summed E-state index contributed by atoms with van der Waals surface area (Å²) in [5.41, 5.74) is 0.388. The molecule has 27 heavy (non-hydrogen) atoms. The van der Waals surface area contributed by atoms with Crippen molar-refractivity contribution in [1.29, 1.82) is 0 Å².